The third-order valence-corrected chi connectivity index (χ3v) is 3.17. The van der Waals surface area contributed by atoms with Crippen LogP contribution in [0.2, 0.25) is 0 Å². The van der Waals surface area contributed by atoms with Crippen LogP contribution in [0.25, 0.3) is 0 Å². The van der Waals surface area contributed by atoms with E-state index in [0.717, 1.165) is 6.42 Å². The van der Waals surface area contributed by atoms with E-state index in [1.807, 2.05) is 0 Å². The van der Waals surface area contributed by atoms with Crippen LogP contribution in [0, 0.1) is 16.7 Å². The standard InChI is InChI=1S/C10H14O/c1-9(2)6-10(3)5-4-7(9)8(10)11/h4-5,7H,6H2,1-3H3. The minimum atomic E-state index is -0.117. The van der Waals surface area contributed by atoms with Crippen LogP contribution in [-0.2, 0) is 4.79 Å². The Bertz CT molecular complexity index is 250. The lowest BCUT2D eigenvalue weighted by Gasteiger charge is -2.26. The minimum Gasteiger partial charge on any atom is -0.298 e. The van der Waals surface area contributed by atoms with E-state index in [2.05, 4.69) is 32.9 Å². The maximum absolute atomic E-state index is 11.6. The zero-order valence-electron chi connectivity index (χ0n) is 7.35. The monoisotopic (exact) mass is 150 g/mol. The van der Waals surface area contributed by atoms with E-state index in [4.69, 9.17) is 0 Å². The summed E-state index contributed by atoms with van der Waals surface area (Å²) in [4.78, 5) is 11.6. The number of allylic oxidation sites excluding steroid dienone is 2. The summed E-state index contributed by atoms with van der Waals surface area (Å²) in [5, 5.41) is 0. The van der Waals surface area contributed by atoms with Crippen LogP contribution in [-0.4, -0.2) is 5.78 Å². The summed E-state index contributed by atoms with van der Waals surface area (Å²) in [5.41, 5.74) is 0.0920. The van der Waals surface area contributed by atoms with Crippen molar-refractivity contribution in [3.63, 3.8) is 0 Å². The Hall–Kier alpha value is -0.590. The Balaban J connectivity index is 2.48. The Morgan fingerprint density at radius 2 is 2.09 bits per heavy atom. The van der Waals surface area contributed by atoms with Gasteiger partial charge in [-0.1, -0.05) is 26.0 Å². The molecule has 0 saturated heterocycles. The molecule has 2 rings (SSSR count). The van der Waals surface area contributed by atoms with Gasteiger partial charge in [-0.05, 0) is 18.8 Å². The zero-order chi connectivity index (χ0) is 8.28. The van der Waals surface area contributed by atoms with Crippen LogP contribution < -0.4 is 0 Å². The minimum absolute atomic E-state index is 0.117. The lowest BCUT2D eigenvalue weighted by atomic mass is 9.77. The first-order chi connectivity index (χ1) is 4.96. The normalized spacial score (nSPS) is 45.4. The molecule has 1 heteroatoms. The average Bonchev–Trinajstić information content (AvgIpc) is 2.15. The number of carbonyl (C=O) groups is 1. The Morgan fingerprint density at radius 1 is 1.45 bits per heavy atom. The van der Waals surface area contributed by atoms with E-state index < -0.39 is 0 Å². The topological polar surface area (TPSA) is 17.1 Å². The lowest BCUT2D eigenvalue weighted by Crippen LogP contribution is -2.19. The summed E-state index contributed by atoms with van der Waals surface area (Å²) in [6, 6.07) is 0. The Kier molecular flexibility index (Phi) is 1.03. The molecule has 2 unspecified atom stereocenters. The summed E-state index contributed by atoms with van der Waals surface area (Å²) in [6.07, 6.45) is 5.21. The summed E-state index contributed by atoms with van der Waals surface area (Å²) in [7, 11) is 0. The number of Topliss-reactive ketones (excluding diaryl/α,β-unsaturated/α-hetero) is 1. The van der Waals surface area contributed by atoms with Crippen molar-refractivity contribution in [2.45, 2.75) is 27.2 Å². The number of rotatable bonds is 0. The van der Waals surface area contributed by atoms with Crippen molar-refractivity contribution in [2.75, 3.05) is 0 Å². The maximum Gasteiger partial charge on any atom is 0.149 e. The number of hydrogen-bond acceptors (Lipinski definition) is 1. The van der Waals surface area contributed by atoms with Crippen molar-refractivity contribution in [1.29, 1.82) is 0 Å². The van der Waals surface area contributed by atoms with E-state index in [9.17, 15) is 4.79 Å². The fraction of sp³-hybridized carbons (Fsp3) is 0.700. The van der Waals surface area contributed by atoms with Crippen molar-refractivity contribution in [1.82, 2.24) is 0 Å². The van der Waals surface area contributed by atoms with Crippen molar-refractivity contribution < 1.29 is 4.79 Å². The van der Waals surface area contributed by atoms with Gasteiger partial charge in [-0.25, -0.2) is 0 Å². The predicted octanol–water partition coefficient (Wildman–Crippen LogP) is 2.18. The van der Waals surface area contributed by atoms with Gasteiger partial charge in [0.1, 0.15) is 5.78 Å². The van der Waals surface area contributed by atoms with Gasteiger partial charge in [0.25, 0.3) is 0 Å². The van der Waals surface area contributed by atoms with Gasteiger partial charge in [0.2, 0.25) is 0 Å². The smallest absolute Gasteiger partial charge is 0.149 e. The first-order valence-electron chi connectivity index (χ1n) is 4.19. The molecule has 0 radical (unpaired) electrons. The molecule has 1 saturated carbocycles. The highest BCUT2D eigenvalue weighted by Gasteiger charge is 2.55. The highest BCUT2D eigenvalue weighted by Crippen LogP contribution is 2.55. The van der Waals surface area contributed by atoms with Gasteiger partial charge in [0.15, 0.2) is 0 Å². The van der Waals surface area contributed by atoms with Crippen LogP contribution in [0.1, 0.15) is 27.2 Å². The Morgan fingerprint density at radius 3 is 2.27 bits per heavy atom. The van der Waals surface area contributed by atoms with Crippen LogP contribution >= 0.6 is 0 Å². The average molecular weight is 150 g/mol. The van der Waals surface area contributed by atoms with Gasteiger partial charge in [-0.2, -0.15) is 0 Å². The summed E-state index contributed by atoms with van der Waals surface area (Å²) in [6.45, 7) is 6.43. The molecular weight excluding hydrogens is 136 g/mol. The van der Waals surface area contributed by atoms with E-state index in [1.54, 1.807) is 0 Å². The summed E-state index contributed by atoms with van der Waals surface area (Å²) in [5.74, 6) is 0.634. The second-order valence-electron chi connectivity index (χ2n) is 4.78. The van der Waals surface area contributed by atoms with Gasteiger partial charge >= 0.3 is 0 Å². The molecule has 2 aliphatic rings. The van der Waals surface area contributed by atoms with Crippen molar-refractivity contribution >= 4 is 5.78 Å². The van der Waals surface area contributed by atoms with Crippen molar-refractivity contribution in [2.24, 2.45) is 16.7 Å². The van der Waals surface area contributed by atoms with E-state index in [0.29, 0.717) is 5.78 Å². The first-order valence-corrected chi connectivity index (χ1v) is 4.19. The molecule has 60 valence electrons. The van der Waals surface area contributed by atoms with Gasteiger partial charge in [0.05, 0.1) is 0 Å². The quantitative estimate of drug-likeness (QED) is 0.484. The summed E-state index contributed by atoms with van der Waals surface area (Å²) < 4.78 is 0. The molecule has 0 amide bonds. The predicted molar refractivity (Wildman–Crippen MR) is 44.1 cm³/mol. The van der Waals surface area contributed by atoms with E-state index in [1.165, 1.54) is 0 Å². The molecule has 0 N–H and O–H groups in total. The second-order valence-corrected chi connectivity index (χ2v) is 4.78. The zero-order valence-corrected chi connectivity index (χ0v) is 7.35. The van der Waals surface area contributed by atoms with E-state index >= 15 is 0 Å². The molecule has 0 aromatic heterocycles. The largest absolute Gasteiger partial charge is 0.298 e. The molecule has 0 aromatic rings. The SMILES string of the molecule is CC12C=CC(C1=O)C(C)(C)C2. The maximum atomic E-state index is 11.6. The third kappa shape index (κ3) is 0.688. The molecule has 0 aliphatic heterocycles. The molecule has 1 nitrogen and oxygen atoms in total. The number of fused-ring (bicyclic) bond motifs is 2. The third-order valence-electron chi connectivity index (χ3n) is 3.17. The van der Waals surface area contributed by atoms with Crippen LogP contribution in [0.15, 0.2) is 12.2 Å². The summed E-state index contributed by atoms with van der Waals surface area (Å²) >= 11 is 0. The highest BCUT2D eigenvalue weighted by molar-refractivity contribution is 5.95. The van der Waals surface area contributed by atoms with E-state index in [-0.39, 0.29) is 16.7 Å². The molecule has 2 bridgehead atoms. The second kappa shape index (κ2) is 1.60. The lowest BCUT2D eigenvalue weighted by molar-refractivity contribution is -0.124. The Labute approximate surface area is 67.5 Å². The molecule has 0 heterocycles. The molecule has 1 fully saturated rings. The number of carbonyl (C=O) groups excluding carboxylic acids is 1. The number of ketones is 1. The van der Waals surface area contributed by atoms with Gasteiger partial charge in [0, 0.05) is 11.3 Å². The van der Waals surface area contributed by atoms with Crippen LogP contribution in [0.3, 0.4) is 0 Å². The van der Waals surface area contributed by atoms with Gasteiger partial charge in [-0.15, -0.1) is 0 Å². The molecule has 11 heavy (non-hydrogen) atoms. The van der Waals surface area contributed by atoms with Crippen LogP contribution in [0.4, 0.5) is 0 Å². The van der Waals surface area contributed by atoms with Crippen LogP contribution in [0.5, 0.6) is 0 Å². The number of hydrogen-bond donors (Lipinski definition) is 0. The fourth-order valence-electron chi connectivity index (χ4n) is 2.65. The molecule has 2 aliphatic carbocycles. The van der Waals surface area contributed by atoms with Gasteiger partial charge < -0.3 is 0 Å². The molecule has 0 spiro atoms. The fourth-order valence-corrected chi connectivity index (χ4v) is 2.65. The van der Waals surface area contributed by atoms with Gasteiger partial charge in [-0.3, -0.25) is 4.79 Å². The molecule has 0 aromatic carbocycles. The molecular formula is C10H14O. The van der Waals surface area contributed by atoms with Crippen molar-refractivity contribution in [3.8, 4) is 0 Å². The first kappa shape index (κ1) is 7.08. The molecule has 2 atom stereocenters. The van der Waals surface area contributed by atoms with Crippen molar-refractivity contribution in [3.05, 3.63) is 12.2 Å². The highest BCUT2D eigenvalue weighted by atomic mass is 16.1.